The predicted molar refractivity (Wildman–Crippen MR) is 193 cm³/mol. The van der Waals surface area contributed by atoms with Crippen molar-refractivity contribution in [2.24, 2.45) is 28.1 Å². The Balaban J connectivity index is 2.20. The standard InChI is InChI=1S/C36H55N7O9/c1-4-5-6-7-8-9-10-16-29(46)41-25(20-28(37)45)33(49)42-23(14-12-17-40-36(38)39)31(47)32(48)34(50)43-24(18-21(2)3)27-19-22-13-11-15-26(44)30(22)35(51)52-27/h11,13,15,21,23-25,27,31-32,44,47-48H,4-7,10,12,14,16-20H2,1-3H3,(H2,37,45)(H,41,46)(H,42,49)(H,43,50)(H4,38,39,40)/t23-,24-,25+,27-,31-,32-/m0/s1. The van der Waals surface area contributed by atoms with Gasteiger partial charge in [0.2, 0.25) is 17.7 Å². The number of phenols is 1. The molecule has 0 bridgehead atoms. The van der Waals surface area contributed by atoms with Crippen molar-refractivity contribution in [2.75, 3.05) is 6.54 Å². The van der Waals surface area contributed by atoms with Crippen molar-refractivity contribution in [3.63, 3.8) is 0 Å². The van der Waals surface area contributed by atoms with Crippen LogP contribution in [0.1, 0.15) is 101 Å². The Bertz CT molecular complexity index is 1470. The molecule has 0 saturated carbocycles. The zero-order chi connectivity index (χ0) is 38.8. The summed E-state index contributed by atoms with van der Waals surface area (Å²) in [6, 6.07) is 1.14. The van der Waals surface area contributed by atoms with Crippen LogP contribution in [0.4, 0.5) is 0 Å². The van der Waals surface area contributed by atoms with Gasteiger partial charge in [-0.3, -0.25) is 24.2 Å². The summed E-state index contributed by atoms with van der Waals surface area (Å²) < 4.78 is 5.60. The second-order valence-corrected chi connectivity index (χ2v) is 13.3. The number of guanidine groups is 1. The van der Waals surface area contributed by atoms with Crippen molar-refractivity contribution in [3.05, 3.63) is 29.3 Å². The molecule has 0 fully saturated rings. The van der Waals surface area contributed by atoms with Crippen LogP contribution in [0.5, 0.6) is 5.75 Å². The maximum Gasteiger partial charge on any atom is 0.342 e. The van der Waals surface area contributed by atoms with Gasteiger partial charge in [0.15, 0.2) is 12.1 Å². The first-order chi connectivity index (χ1) is 24.6. The lowest BCUT2D eigenvalue weighted by Gasteiger charge is -2.34. The topological polar surface area (TPSA) is 282 Å². The van der Waals surface area contributed by atoms with Gasteiger partial charge in [0, 0.05) is 32.2 Å². The maximum atomic E-state index is 13.4. The highest BCUT2D eigenvalue weighted by molar-refractivity contribution is 5.95. The second-order valence-electron chi connectivity index (χ2n) is 13.3. The van der Waals surface area contributed by atoms with Crippen LogP contribution in [0, 0.1) is 17.8 Å². The van der Waals surface area contributed by atoms with E-state index in [-0.39, 0.29) is 61.8 Å². The van der Waals surface area contributed by atoms with E-state index >= 15 is 0 Å². The number of rotatable bonds is 21. The Morgan fingerprint density at radius 2 is 1.71 bits per heavy atom. The number of aliphatic hydroxyl groups excluding tert-OH is 2. The number of nitrogens with two attached hydrogens (primary N) is 3. The number of primary amides is 1. The van der Waals surface area contributed by atoms with E-state index in [2.05, 4.69) is 39.7 Å². The number of carbonyl (C=O) groups excluding carboxylic acids is 5. The Hall–Kier alpha value is -4.88. The average molecular weight is 730 g/mol. The summed E-state index contributed by atoms with van der Waals surface area (Å²) in [4.78, 5) is 68.0. The van der Waals surface area contributed by atoms with Crippen LogP contribution < -0.4 is 33.2 Å². The van der Waals surface area contributed by atoms with Crippen LogP contribution in [-0.4, -0.2) is 93.9 Å². The minimum Gasteiger partial charge on any atom is -0.507 e. The Morgan fingerprint density at radius 1 is 1.00 bits per heavy atom. The monoisotopic (exact) mass is 729 g/mol. The molecule has 4 amide bonds. The summed E-state index contributed by atoms with van der Waals surface area (Å²) in [5.74, 6) is 1.43. The Morgan fingerprint density at radius 3 is 2.37 bits per heavy atom. The summed E-state index contributed by atoms with van der Waals surface area (Å²) in [6.07, 6.45) is -0.711. The number of cyclic esters (lactones) is 1. The fourth-order valence-corrected chi connectivity index (χ4v) is 5.75. The fourth-order valence-electron chi connectivity index (χ4n) is 5.75. The summed E-state index contributed by atoms with van der Waals surface area (Å²) >= 11 is 0. The largest absolute Gasteiger partial charge is 0.507 e. The molecule has 0 aromatic heterocycles. The van der Waals surface area contributed by atoms with Crippen LogP contribution in [0.15, 0.2) is 23.2 Å². The number of aliphatic imine (C=N–C) groups is 1. The summed E-state index contributed by atoms with van der Waals surface area (Å²) in [5, 5.41) is 40.2. The predicted octanol–water partition coefficient (Wildman–Crippen LogP) is -0.0111. The first-order valence-electron chi connectivity index (χ1n) is 17.7. The van der Waals surface area contributed by atoms with Gasteiger partial charge in [-0.2, -0.15) is 0 Å². The number of aromatic hydroxyl groups is 1. The molecule has 12 N–H and O–H groups in total. The minimum atomic E-state index is -2.08. The van der Waals surface area contributed by atoms with Gasteiger partial charge in [-0.05, 0) is 43.2 Å². The number of carbonyl (C=O) groups is 5. The van der Waals surface area contributed by atoms with Crippen molar-refractivity contribution in [3.8, 4) is 17.6 Å². The van der Waals surface area contributed by atoms with Crippen molar-refractivity contribution >= 4 is 35.6 Å². The van der Waals surface area contributed by atoms with Crippen LogP contribution in [0.25, 0.3) is 0 Å². The molecule has 2 rings (SSSR count). The van der Waals surface area contributed by atoms with Gasteiger partial charge >= 0.3 is 5.97 Å². The third-order valence-electron chi connectivity index (χ3n) is 8.38. The molecule has 1 aromatic carbocycles. The number of unbranched alkanes of at least 4 members (excludes halogenated alkanes) is 3. The van der Waals surface area contributed by atoms with Gasteiger partial charge in [-0.15, -0.1) is 11.8 Å². The van der Waals surface area contributed by atoms with Crippen LogP contribution in [0.2, 0.25) is 0 Å². The number of hydrogen-bond donors (Lipinski definition) is 9. The number of aliphatic hydroxyl groups is 2. The lowest BCUT2D eigenvalue weighted by atomic mass is 9.90. The minimum absolute atomic E-state index is 0.00875. The summed E-state index contributed by atoms with van der Waals surface area (Å²) in [7, 11) is 0. The number of esters is 1. The zero-order valence-corrected chi connectivity index (χ0v) is 30.2. The molecule has 0 radical (unpaired) electrons. The summed E-state index contributed by atoms with van der Waals surface area (Å²) in [6.45, 7) is 5.95. The molecule has 1 heterocycles. The van der Waals surface area contributed by atoms with Gasteiger partial charge in [0.1, 0.15) is 29.6 Å². The molecule has 0 spiro atoms. The van der Waals surface area contributed by atoms with E-state index in [1.807, 2.05) is 13.8 Å². The first kappa shape index (κ1) is 43.3. The van der Waals surface area contributed by atoms with Crippen molar-refractivity contribution in [1.82, 2.24) is 16.0 Å². The Kier molecular flexibility index (Phi) is 18.4. The fraction of sp³-hybridized carbons (Fsp3) is 0.611. The SMILES string of the molecule is CCCCCC#CCCC(=O)N[C@H](CC(N)=O)C(=O)N[C@@H](CCCN=C(N)N)[C@H](O)[C@H](O)C(=O)N[C@@H](CC(C)C)[C@@H]1Cc2cccc(O)c2C(=O)O1. The number of phenolic OH excluding ortho intramolecular Hbond substituents is 1. The number of fused-ring (bicyclic) bond motifs is 1. The highest BCUT2D eigenvalue weighted by atomic mass is 16.5. The molecule has 16 heteroatoms. The van der Waals surface area contributed by atoms with E-state index in [1.165, 1.54) is 6.07 Å². The van der Waals surface area contributed by atoms with E-state index in [1.54, 1.807) is 12.1 Å². The molecule has 6 atom stereocenters. The molecule has 0 unspecified atom stereocenters. The van der Waals surface area contributed by atoms with Crippen LogP contribution in [0.3, 0.4) is 0 Å². The number of benzene rings is 1. The zero-order valence-electron chi connectivity index (χ0n) is 30.2. The van der Waals surface area contributed by atoms with Crippen LogP contribution >= 0.6 is 0 Å². The van der Waals surface area contributed by atoms with Crippen molar-refractivity contribution < 1.29 is 44.0 Å². The van der Waals surface area contributed by atoms with Gasteiger partial charge in [-0.1, -0.05) is 45.7 Å². The molecule has 1 aliphatic rings. The average Bonchev–Trinajstić information content (AvgIpc) is 3.07. The number of hydrogen-bond acceptors (Lipinski definition) is 10. The molecule has 0 saturated heterocycles. The van der Waals surface area contributed by atoms with E-state index in [0.29, 0.717) is 18.4 Å². The lowest BCUT2D eigenvalue weighted by molar-refractivity contribution is -0.140. The number of ether oxygens (including phenoxy) is 1. The third kappa shape index (κ3) is 14.8. The van der Waals surface area contributed by atoms with Crippen molar-refractivity contribution in [1.29, 1.82) is 0 Å². The van der Waals surface area contributed by atoms with E-state index < -0.39 is 72.5 Å². The molecule has 1 aliphatic heterocycles. The van der Waals surface area contributed by atoms with Gasteiger partial charge in [0.25, 0.3) is 5.91 Å². The Labute approximate surface area is 304 Å². The normalized spacial score (nSPS) is 16.4. The lowest BCUT2D eigenvalue weighted by Crippen LogP contribution is -2.59. The number of nitrogens with zero attached hydrogens (tertiary/aromatic N) is 1. The van der Waals surface area contributed by atoms with E-state index in [0.717, 1.165) is 19.3 Å². The first-order valence-corrected chi connectivity index (χ1v) is 17.7. The molecule has 16 nitrogen and oxygen atoms in total. The van der Waals surface area contributed by atoms with Gasteiger partial charge in [0.05, 0.1) is 18.5 Å². The number of nitrogens with one attached hydrogen (secondary N) is 3. The molecular formula is C36H55N7O9. The second kappa shape index (κ2) is 22.1. The van der Waals surface area contributed by atoms with E-state index in [9.17, 15) is 39.3 Å². The summed E-state index contributed by atoms with van der Waals surface area (Å²) in [5.41, 5.74) is 16.7. The third-order valence-corrected chi connectivity index (χ3v) is 8.38. The maximum absolute atomic E-state index is 13.4. The molecule has 52 heavy (non-hydrogen) atoms. The number of amides is 4. The molecule has 1 aromatic rings. The van der Waals surface area contributed by atoms with Crippen LogP contribution in [-0.2, 0) is 30.3 Å². The van der Waals surface area contributed by atoms with Gasteiger partial charge < -0.3 is 53.2 Å². The highest BCUT2D eigenvalue weighted by Crippen LogP contribution is 2.30. The quantitative estimate of drug-likeness (QED) is 0.0267. The van der Waals surface area contributed by atoms with E-state index in [4.69, 9.17) is 21.9 Å². The van der Waals surface area contributed by atoms with Gasteiger partial charge in [-0.25, -0.2) is 4.79 Å². The highest BCUT2D eigenvalue weighted by Gasteiger charge is 2.39. The molecular weight excluding hydrogens is 674 g/mol. The van der Waals surface area contributed by atoms with Crippen molar-refractivity contribution in [2.45, 2.75) is 128 Å². The molecule has 0 aliphatic carbocycles. The smallest absolute Gasteiger partial charge is 0.342 e. The molecule has 288 valence electrons.